The van der Waals surface area contributed by atoms with Crippen molar-refractivity contribution in [2.24, 2.45) is 5.92 Å². The fraction of sp³-hybridized carbons (Fsp3) is 0.429. The number of hydrogen-bond acceptors (Lipinski definition) is 2. The van der Waals surface area contributed by atoms with E-state index in [1.807, 2.05) is 13.8 Å². The van der Waals surface area contributed by atoms with Crippen LogP contribution < -0.4 is 10.2 Å². The van der Waals surface area contributed by atoms with Crippen LogP contribution in [-0.2, 0) is 9.59 Å². The molecule has 20 heavy (non-hydrogen) atoms. The summed E-state index contributed by atoms with van der Waals surface area (Å²) >= 11 is 3.31. The minimum absolute atomic E-state index is 0.0335. The predicted octanol–water partition coefficient (Wildman–Crippen LogP) is 2.46. The highest BCUT2D eigenvalue weighted by Gasteiger charge is 2.40. The van der Waals surface area contributed by atoms with Crippen molar-refractivity contribution in [1.82, 2.24) is 5.32 Å². The summed E-state index contributed by atoms with van der Waals surface area (Å²) in [7, 11) is 0. The largest absolute Gasteiger partial charge is 0.342 e. The summed E-state index contributed by atoms with van der Waals surface area (Å²) < 4.78 is 14.0. The van der Waals surface area contributed by atoms with Crippen molar-refractivity contribution in [2.75, 3.05) is 4.90 Å². The van der Waals surface area contributed by atoms with Gasteiger partial charge in [0, 0.05) is 4.47 Å². The highest BCUT2D eigenvalue weighted by molar-refractivity contribution is 9.10. The van der Waals surface area contributed by atoms with E-state index in [2.05, 4.69) is 21.2 Å². The van der Waals surface area contributed by atoms with Gasteiger partial charge in [-0.1, -0.05) is 13.8 Å². The third-order valence-electron chi connectivity index (χ3n) is 3.40. The van der Waals surface area contributed by atoms with Gasteiger partial charge in [-0.25, -0.2) is 4.39 Å². The number of piperazine rings is 1. The number of halogens is 2. The summed E-state index contributed by atoms with van der Waals surface area (Å²) in [4.78, 5) is 25.9. The van der Waals surface area contributed by atoms with Gasteiger partial charge in [-0.3, -0.25) is 14.5 Å². The van der Waals surface area contributed by atoms with Gasteiger partial charge in [0.15, 0.2) is 0 Å². The minimum Gasteiger partial charge on any atom is -0.342 e. The molecule has 2 unspecified atom stereocenters. The third kappa shape index (κ3) is 2.57. The van der Waals surface area contributed by atoms with Crippen LogP contribution in [0.2, 0.25) is 0 Å². The van der Waals surface area contributed by atoms with Crippen LogP contribution in [0.3, 0.4) is 0 Å². The number of nitrogens with zero attached hydrogens (tertiary/aromatic N) is 1. The molecule has 2 amide bonds. The van der Waals surface area contributed by atoms with E-state index in [1.54, 1.807) is 6.92 Å². The predicted molar refractivity (Wildman–Crippen MR) is 77.8 cm³/mol. The number of carbonyl (C=O) groups is 2. The van der Waals surface area contributed by atoms with E-state index in [0.29, 0.717) is 10.2 Å². The summed E-state index contributed by atoms with van der Waals surface area (Å²) in [6.45, 7) is 5.34. The normalized spacial score (nSPS) is 23.2. The van der Waals surface area contributed by atoms with Crippen LogP contribution in [0.25, 0.3) is 0 Å². The van der Waals surface area contributed by atoms with Crippen LogP contribution in [0.4, 0.5) is 10.1 Å². The van der Waals surface area contributed by atoms with Crippen molar-refractivity contribution in [3.63, 3.8) is 0 Å². The van der Waals surface area contributed by atoms with Gasteiger partial charge in [-0.2, -0.15) is 0 Å². The molecule has 0 radical (unpaired) electrons. The Balaban J connectivity index is 2.48. The van der Waals surface area contributed by atoms with Gasteiger partial charge in [-0.05, 0) is 47.0 Å². The van der Waals surface area contributed by atoms with Crippen LogP contribution in [0.5, 0.6) is 0 Å². The zero-order valence-corrected chi connectivity index (χ0v) is 13.1. The fourth-order valence-corrected chi connectivity index (χ4v) is 2.68. The molecule has 1 N–H and O–H groups in total. The molecule has 0 spiro atoms. The Morgan fingerprint density at radius 1 is 1.35 bits per heavy atom. The molecule has 0 saturated carbocycles. The van der Waals surface area contributed by atoms with Gasteiger partial charge in [0.1, 0.15) is 17.9 Å². The molecular weight excluding hydrogens is 327 g/mol. The maximum atomic E-state index is 13.4. The summed E-state index contributed by atoms with van der Waals surface area (Å²) in [5.74, 6) is -0.943. The fourth-order valence-electron chi connectivity index (χ4n) is 2.24. The second kappa shape index (κ2) is 5.52. The molecule has 0 bridgehead atoms. The number of hydrogen-bond donors (Lipinski definition) is 1. The van der Waals surface area contributed by atoms with E-state index in [0.717, 1.165) is 0 Å². The zero-order valence-electron chi connectivity index (χ0n) is 11.5. The number of amides is 2. The zero-order chi connectivity index (χ0) is 15.0. The Morgan fingerprint density at radius 2 is 2.00 bits per heavy atom. The van der Waals surface area contributed by atoms with Gasteiger partial charge in [0.25, 0.3) is 5.91 Å². The van der Waals surface area contributed by atoms with E-state index in [4.69, 9.17) is 0 Å². The molecule has 2 rings (SSSR count). The summed E-state index contributed by atoms with van der Waals surface area (Å²) in [6, 6.07) is 2.83. The van der Waals surface area contributed by atoms with Gasteiger partial charge in [0.2, 0.25) is 5.91 Å². The Morgan fingerprint density at radius 3 is 2.60 bits per heavy atom. The lowest BCUT2D eigenvalue weighted by Gasteiger charge is -2.39. The first kappa shape index (κ1) is 15.0. The maximum absolute atomic E-state index is 13.4. The van der Waals surface area contributed by atoms with Crippen molar-refractivity contribution in [3.8, 4) is 0 Å². The lowest BCUT2D eigenvalue weighted by molar-refractivity contribution is -0.134. The molecule has 1 fully saturated rings. The summed E-state index contributed by atoms with van der Waals surface area (Å²) in [6.07, 6.45) is 0. The number of anilines is 1. The van der Waals surface area contributed by atoms with Crippen molar-refractivity contribution in [1.29, 1.82) is 0 Å². The second-order valence-electron chi connectivity index (χ2n) is 5.21. The molecule has 1 saturated heterocycles. The van der Waals surface area contributed by atoms with Crippen LogP contribution >= 0.6 is 15.9 Å². The number of nitrogens with one attached hydrogen (secondary N) is 1. The van der Waals surface area contributed by atoms with E-state index < -0.39 is 17.9 Å². The van der Waals surface area contributed by atoms with Crippen LogP contribution in [-0.4, -0.2) is 23.9 Å². The van der Waals surface area contributed by atoms with Crippen molar-refractivity contribution >= 4 is 33.4 Å². The molecular formula is C14H16BrFN2O2. The summed E-state index contributed by atoms with van der Waals surface area (Å²) in [5.41, 5.74) is 0.378. The van der Waals surface area contributed by atoms with Gasteiger partial charge < -0.3 is 5.32 Å². The molecule has 6 heteroatoms. The first-order valence-electron chi connectivity index (χ1n) is 6.41. The van der Waals surface area contributed by atoms with Crippen LogP contribution in [0.1, 0.15) is 20.8 Å². The van der Waals surface area contributed by atoms with Gasteiger partial charge in [0.05, 0.1) is 5.69 Å². The monoisotopic (exact) mass is 342 g/mol. The first-order valence-corrected chi connectivity index (χ1v) is 7.20. The average Bonchev–Trinajstić information content (AvgIpc) is 2.37. The molecule has 0 aromatic heterocycles. The van der Waals surface area contributed by atoms with E-state index in [-0.39, 0.29) is 17.7 Å². The number of rotatable bonds is 2. The van der Waals surface area contributed by atoms with Crippen molar-refractivity contribution in [3.05, 3.63) is 28.5 Å². The van der Waals surface area contributed by atoms with E-state index >= 15 is 0 Å². The molecule has 0 aliphatic carbocycles. The van der Waals surface area contributed by atoms with Gasteiger partial charge >= 0.3 is 0 Å². The lowest BCUT2D eigenvalue weighted by atomic mass is 9.98. The number of carbonyl (C=O) groups excluding carboxylic acids is 2. The second-order valence-corrected chi connectivity index (χ2v) is 6.06. The SMILES string of the molecule is CC(C)C1NC(=O)C(C)N(c2cc(F)ccc2Br)C1=O. The van der Waals surface area contributed by atoms with Gasteiger partial charge in [-0.15, -0.1) is 0 Å². The van der Waals surface area contributed by atoms with Crippen molar-refractivity contribution < 1.29 is 14.0 Å². The van der Waals surface area contributed by atoms with E-state index in [1.165, 1.54) is 23.1 Å². The minimum atomic E-state index is -0.671. The number of benzene rings is 1. The molecule has 1 aliphatic rings. The Bertz CT molecular complexity index is 562. The Hall–Kier alpha value is -1.43. The standard InChI is InChI=1S/C14H16BrFN2O2/c1-7(2)12-14(20)18(8(3)13(19)17-12)11-6-9(16)4-5-10(11)15/h4-8,12H,1-3H3,(H,17,19). The topological polar surface area (TPSA) is 49.4 Å². The quantitative estimate of drug-likeness (QED) is 0.897. The van der Waals surface area contributed by atoms with Crippen molar-refractivity contribution in [2.45, 2.75) is 32.9 Å². The molecule has 1 heterocycles. The molecule has 2 atom stereocenters. The first-order chi connectivity index (χ1) is 9.32. The third-order valence-corrected chi connectivity index (χ3v) is 4.07. The van der Waals surface area contributed by atoms with Crippen LogP contribution in [0, 0.1) is 11.7 Å². The highest BCUT2D eigenvalue weighted by Crippen LogP contribution is 2.31. The Labute approximate surface area is 125 Å². The molecule has 1 aromatic rings. The molecule has 4 nitrogen and oxygen atoms in total. The highest BCUT2D eigenvalue weighted by atomic mass is 79.9. The van der Waals surface area contributed by atoms with E-state index in [9.17, 15) is 14.0 Å². The lowest BCUT2D eigenvalue weighted by Crippen LogP contribution is -2.64. The maximum Gasteiger partial charge on any atom is 0.250 e. The molecule has 1 aromatic carbocycles. The van der Waals surface area contributed by atoms with Crippen LogP contribution in [0.15, 0.2) is 22.7 Å². The molecule has 108 valence electrons. The average molecular weight is 343 g/mol. The smallest absolute Gasteiger partial charge is 0.250 e. The summed E-state index contributed by atoms with van der Waals surface area (Å²) in [5, 5.41) is 2.71. The Kier molecular flexibility index (Phi) is 4.13. The molecule has 1 aliphatic heterocycles.